The van der Waals surface area contributed by atoms with Crippen molar-refractivity contribution in [1.29, 1.82) is 0 Å². The van der Waals surface area contributed by atoms with Crippen LogP contribution in [0.3, 0.4) is 0 Å². The van der Waals surface area contributed by atoms with Crippen molar-refractivity contribution >= 4 is 18.3 Å². The second-order valence-electron chi connectivity index (χ2n) is 6.75. The molecular formula is C14H27ClN2O2. The van der Waals surface area contributed by atoms with Crippen LogP contribution in [0.5, 0.6) is 0 Å². The quantitative estimate of drug-likeness (QED) is 0.854. The number of aliphatic hydroxyl groups excluding tert-OH is 1. The van der Waals surface area contributed by atoms with Gasteiger partial charge in [-0.05, 0) is 18.8 Å². The molecule has 2 rings (SSSR count). The van der Waals surface area contributed by atoms with Crippen LogP contribution in [-0.4, -0.2) is 59.6 Å². The Morgan fingerprint density at radius 2 is 1.74 bits per heavy atom. The molecule has 1 aliphatic carbocycles. The Labute approximate surface area is 122 Å². The molecule has 19 heavy (non-hydrogen) atoms. The molecule has 1 amide bonds. The summed E-state index contributed by atoms with van der Waals surface area (Å²) >= 11 is 0. The Hall–Kier alpha value is -0.320. The molecular weight excluding hydrogens is 264 g/mol. The van der Waals surface area contributed by atoms with Gasteiger partial charge in [-0.15, -0.1) is 12.4 Å². The molecule has 5 heteroatoms. The van der Waals surface area contributed by atoms with Gasteiger partial charge in [0.1, 0.15) is 0 Å². The van der Waals surface area contributed by atoms with Crippen molar-refractivity contribution in [3.05, 3.63) is 0 Å². The van der Waals surface area contributed by atoms with Crippen LogP contribution in [-0.2, 0) is 4.79 Å². The maximum absolute atomic E-state index is 12.1. The predicted octanol–water partition coefficient (Wildman–Crippen LogP) is 1.37. The van der Waals surface area contributed by atoms with Crippen LogP contribution in [0.25, 0.3) is 0 Å². The van der Waals surface area contributed by atoms with Crippen molar-refractivity contribution in [3.63, 3.8) is 0 Å². The van der Waals surface area contributed by atoms with E-state index in [0.717, 1.165) is 32.7 Å². The van der Waals surface area contributed by atoms with Crippen LogP contribution >= 0.6 is 12.4 Å². The number of hydrogen-bond acceptors (Lipinski definition) is 3. The van der Waals surface area contributed by atoms with Crippen LogP contribution < -0.4 is 0 Å². The summed E-state index contributed by atoms with van der Waals surface area (Å²) < 4.78 is 0. The second-order valence-corrected chi connectivity index (χ2v) is 6.75. The summed E-state index contributed by atoms with van der Waals surface area (Å²) in [7, 11) is 0. The summed E-state index contributed by atoms with van der Waals surface area (Å²) in [6.07, 6.45) is 2.21. The van der Waals surface area contributed by atoms with E-state index >= 15 is 0 Å². The number of hydrogen-bond donors (Lipinski definition) is 1. The third-order valence-electron chi connectivity index (χ3n) is 3.91. The molecule has 2 aliphatic rings. The van der Waals surface area contributed by atoms with Gasteiger partial charge in [-0.25, -0.2) is 0 Å². The number of nitrogens with zero attached hydrogens (tertiary/aromatic N) is 2. The first-order chi connectivity index (χ1) is 8.38. The third kappa shape index (κ3) is 4.62. The Morgan fingerprint density at radius 1 is 1.21 bits per heavy atom. The van der Waals surface area contributed by atoms with Gasteiger partial charge in [-0.3, -0.25) is 9.69 Å². The minimum atomic E-state index is -0.282. The summed E-state index contributed by atoms with van der Waals surface area (Å²) in [5.74, 6) is 0.782. The van der Waals surface area contributed by atoms with Crippen molar-refractivity contribution in [3.8, 4) is 0 Å². The number of piperazine rings is 1. The number of rotatable bonds is 3. The van der Waals surface area contributed by atoms with Crippen LogP contribution in [0.4, 0.5) is 0 Å². The van der Waals surface area contributed by atoms with Crippen LogP contribution in [0.2, 0.25) is 0 Å². The van der Waals surface area contributed by atoms with Gasteiger partial charge in [-0.1, -0.05) is 20.8 Å². The van der Waals surface area contributed by atoms with Gasteiger partial charge >= 0.3 is 0 Å². The predicted molar refractivity (Wildman–Crippen MR) is 78.5 cm³/mol. The molecule has 0 aromatic rings. The van der Waals surface area contributed by atoms with Crippen molar-refractivity contribution in [2.45, 2.75) is 39.7 Å². The van der Waals surface area contributed by atoms with Gasteiger partial charge in [0.2, 0.25) is 5.91 Å². The lowest BCUT2D eigenvalue weighted by atomic mass is 9.94. The monoisotopic (exact) mass is 290 g/mol. The molecule has 1 saturated carbocycles. The third-order valence-corrected chi connectivity index (χ3v) is 3.91. The normalized spacial score (nSPS) is 22.8. The van der Waals surface area contributed by atoms with E-state index in [1.54, 1.807) is 0 Å². The summed E-state index contributed by atoms with van der Waals surface area (Å²) in [4.78, 5) is 16.4. The number of amides is 1. The first-order valence-corrected chi connectivity index (χ1v) is 7.08. The number of carbonyl (C=O) groups excluding carboxylic acids is 1. The van der Waals surface area contributed by atoms with Gasteiger partial charge in [-0.2, -0.15) is 0 Å². The lowest BCUT2D eigenvalue weighted by Gasteiger charge is -2.38. The minimum Gasteiger partial charge on any atom is -0.392 e. The summed E-state index contributed by atoms with van der Waals surface area (Å²) in [6, 6.07) is 0. The number of β-amino-alcohol motifs (C(OH)–C–C–N with tert-alkyl or cyclic N) is 1. The van der Waals surface area contributed by atoms with E-state index in [4.69, 9.17) is 0 Å². The van der Waals surface area contributed by atoms with Gasteiger partial charge in [0.15, 0.2) is 0 Å². The van der Waals surface area contributed by atoms with E-state index in [1.807, 2.05) is 25.7 Å². The smallest absolute Gasteiger partial charge is 0.228 e. The summed E-state index contributed by atoms with van der Waals surface area (Å²) in [6.45, 7) is 10.1. The molecule has 112 valence electrons. The maximum atomic E-state index is 12.1. The number of carbonyl (C=O) groups is 1. The zero-order chi connectivity index (χ0) is 13.3. The molecule has 1 saturated heterocycles. The SMILES string of the molecule is CC(C)(C)C(=O)N1CCN(CC(O)C2CC2)CC1.Cl. The minimum absolute atomic E-state index is 0. The van der Waals surface area contributed by atoms with Crippen molar-refractivity contribution < 1.29 is 9.90 Å². The second kappa shape index (κ2) is 6.42. The van der Waals surface area contributed by atoms with E-state index < -0.39 is 0 Å². The van der Waals surface area contributed by atoms with E-state index in [-0.39, 0.29) is 29.8 Å². The van der Waals surface area contributed by atoms with E-state index in [1.165, 1.54) is 12.8 Å². The Bertz CT molecular complexity index is 305. The highest BCUT2D eigenvalue weighted by Gasteiger charge is 2.33. The lowest BCUT2D eigenvalue weighted by molar-refractivity contribution is -0.141. The highest BCUT2D eigenvalue weighted by atomic mass is 35.5. The van der Waals surface area contributed by atoms with Crippen LogP contribution in [0.15, 0.2) is 0 Å². The molecule has 1 unspecified atom stereocenters. The van der Waals surface area contributed by atoms with Crippen molar-refractivity contribution in [2.24, 2.45) is 11.3 Å². The fraction of sp³-hybridized carbons (Fsp3) is 0.929. The van der Waals surface area contributed by atoms with E-state index in [2.05, 4.69) is 4.90 Å². The number of halogens is 1. The van der Waals surface area contributed by atoms with E-state index in [9.17, 15) is 9.90 Å². The largest absolute Gasteiger partial charge is 0.392 e. The number of aliphatic hydroxyl groups is 1. The molecule has 0 radical (unpaired) electrons. The molecule has 1 N–H and O–H groups in total. The topological polar surface area (TPSA) is 43.8 Å². The molecule has 1 aliphatic heterocycles. The van der Waals surface area contributed by atoms with Gasteiger partial charge < -0.3 is 10.0 Å². The molecule has 0 bridgehead atoms. The lowest BCUT2D eigenvalue weighted by Crippen LogP contribution is -2.53. The fourth-order valence-corrected chi connectivity index (χ4v) is 2.50. The maximum Gasteiger partial charge on any atom is 0.228 e. The fourth-order valence-electron chi connectivity index (χ4n) is 2.50. The van der Waals surface area contributed by atoms with Gasteiger partial charge in [0, 0.05) is 38.1 Å². The Balaban J connectivity index is 0.00000180. The standard InChI is InChI=1S/C14H26N2O2.ClH/c1-14(2,3)13(18)16-8-6-15(7-9-16)10-12(17)11-4-5-11;/h11-12,17H,4-10H2,1-3H3;1H. The summed E-state index contributed by atoms with van der Waals surface area (Å²) in [5, 5.41) is 9.92. The van der Waals surface area contributed by atoms with Gasteiger partial charge in [0.05, 0.1) is 6.10 Å². The molecule has 1 heterocycles. The Kier molecular flexibility index (Phi) is 5.65. The zero-order valence-electron chi connectivity index (χ0n) is 12.3. The first kappa shape index (κ1) is 16.7. The Morgan fingerprint density at radius 3 is 2.16 bits per heavy atom. The zero-order valence-corrected chi connectivity index (χ0v) is 13.1. The highest BCUT2D eigenvalue weighted by molar-refractivity contribution is 5.85. The van der Waals surface area contributed by atoms with Crippen LogP contribution in [0, 0.1) is 11.3 Å². The molecule has 2 fully saturated rings. The average molecular weight is 291 g/mol. The van der Waals surface area contributed by atoms with Crippen molar-refractivity contribution in [2.75, 3.05) is 32.7 Å². The highest BCUT2D eigenvalue weighted by Crippen LogP contribution is 2.33. The molecule has 0 aromatic carbocycles. The van der Waals surface area contributed by atoms with Crippen LogP contribution in [0.1, 0.15) is 33.6 Å². The van der Waals surface area contributed by atoms with E-state index in [0.29, 0.717) is 5.92 Å². The van der Waals surface area contributed by atoms with Crippen molar-refractivity contribution in [1.82, 2.24) is 9.80 Å². The average Bonchev–Trinajstić information content (AvgIpc) is 3.11. The molecule has 1 atom stereocenters. The summed E-state index contributed by atoms with van der Waals surface area (Å²) in [5.41, 5.74) is -0.282. The molecule has 0 spiro atoms. The molecule has 4 nitrogen and oxygen atoms in total. The first-order valence-electron chi connectivity index (χ1n) is 7.08. The molecule has 0 aromatic heterocycles. The van der Waals surface area contributed by atoms with Gasteiger partial charge in [0.25, 0.3) is 0 Å².